The number of benzene rings is 1. The van der Waals surface area contributed by atoms with Crippen molar-refractivity contribution in [2.24, 2.45) is 5.92 Å². The molecule has 1 saturated heterocycles. The quantitative estimate of drug-likeness (QED) is 0.836. The van der Waals surface area contributed by atoms with Crippen LogP contribution in [0.4, 0.5) is 5.69 Å². The third-order valence-corrected chi connectivity index (χ3v) is 4.77. The van der Waals surface area contributed by atoms with Gasteiger partial charge in [0, 0.05) is 13.1 Å². The van der Waals surface area contributed by atoms with Crippen molar-refractivity contribution in [3.8, 4) is 5.69 Å². The van der Waals surface area contributed by atoms with Gasteiger partial charge in [-0.05, 0) is 46.8 Å². The summed E-state index contributed by atoms with van der Waals surface area (Å²) in [6, 6.07) is 9.48. The summed E-state index contributed by atoms with van der Waals surface area (Å²) in [5.74, 6) is 0.762. The maximum atomic E-state index is 12.5. The minimum atomic E-state index is -0.114. The average molecular weight is 348 g/mol. The lowest BCUT2D eigenvalue weighted by molar-refractivity contribution is 0.437. The number of nitrogens with zero attached hydrogens (tertiary/aromatic N) is 3. The molecular weight excluding hydrogens is 330 g/mol. The Balaban J connectivity index is 1.96. The van der Waals surface area contributed by atoms with Gasteiger partial charge < -0.3 is 4.90 Å². The summed E-state index contributed by atoms with van der Waals surface area (Å²) in [5.41, 5.74) is 1.57. The Morgan fingerprint density at radius 3 is 2.52 bits per heavy atom. The van der Waals surface area contributed by atoms with E-state index in [-0.39, 0.29) is 5.56 Å². The summed E-state index contributed by atoms with van der Waals surface area (Å²) in [6.07, 6.45) is 4.11. The molecule has 110 valence electrons. The molecule has 0 amide bonds. The highest BCUT2D eigenvalue weighted by Gasteiger charge is 2.20. The molecule has 21 heavy (non-hydrogen) atoms. The first kappa shape index (κ1) is 14.3. The number of hydrogen-bond acceptors (Lipinski definition) is 3. The van der Waals surface area contributed by atoms with Crippen molar-refractivity contribution in [1.82, 2.24) is 9.78 Å². The molecule has 0 bridgehead atoms. The number of piperidine rings is 1. The Kier molecular flexibility index (Phi) is 4.10. The van der Waals surface area contributed by atoms with Gasteiger partial charge >= 0.3 is 0 Å². The highest BCUT2D eigenvalue weighted by atomic mass is 79.9. The summed E-state index contributed by atoms with van der Waals surface area (Å²) in [4.78, 5) is 14.8. The van der Waals surface area contributed by atoms with Gasteiger partial charge in [-0.15, -0.1) is 0 Å². The van der Waals surface area contributed by atoms with Crippen molar-refractivity contribution in [3.05, 3.63) is 51.4 Å². The Bertz CT molecular complexity index is 676. The van der Waals surface area contributed by atoms with Crippen LogP contribution in [0.1, 0.15) is 19.8 Å². The zero-order valence-electron chi connectivity index (χ0n) is 12.0. The number of halogens is 1. The maximum absolute atomic E-state index is 12.5. The second-order valence-corrected chi connectivity index (χ2v) is 6.36. The van der Waals surface area contributed by atoms with Gasteiger partial charge in [-0.25, -0.2) is 0 Å². The predicted molar refractivity (Wildman–Crippen MR) is 88.1 cm³/mol. The molecule has 0 atom stereocenters. The topological polar surface area (TPSA) is 38.1 Å². The molecule has 1 fully saturated rings. The van der Waals surface area contributed by atoms with Gasteiger partial charge in [-0.3, -0.25) is 4.79 Å². The summed E-state index contributed by atoms with van der Waals surface area (Å²) < 4.78 is 2.02. The van der Waals surface area contributed by atoms with Crippen molar-refractivity contribution in [3.63, 3.8) is 0 Å². The molecule has 1 aliphatic heterocycles. The number of hydrogen-bond donors (Lipinski definition) is 0. The van der Waals surface area contributed by atoms with E-state index in [0.29, 0.717) is 4.47 Å². The zero-order chi connectivity index (χ0) is 14.8. The molecule has 3 rings (SSSR count). The van der Waals surface area contributed by atoms with E-state index in [1.54, 1.807) is 6.20 Å². The third-order valence-electron chi connectivity index (χ3n) is 4.03. The molecule has 0 N–H and O–H groups in total. The SMILES string of the molecule is CC1CCN(c2cnn(-c3ccccc3)c(=O)c2Br)CC1. The van der Waals surface area contributed by atoms with Gasteiger partial charge in [0.15, 0.2) is 0 Å². The smallest absolute Gasteiger partial charge is 0.287 e. The lowest BCUT2D eigenvalue weighted by atomic mass is 9.99. The lowest BCUT2D eigenvalue weighted by Crippen LogP contribution is -2.35. The molecule has 1 aromatic heterocycles. The molecule has 0 radical (unpaired) electrons. The van der Waals surface area contributed by atoms with Gasteiger partial charge in [-0.2, -0.15) is 9.78 Å². The molecule has 0 spiro atoms. The number of rotatable bonds is 2. The van der Waals surface area contributed by atoms with Crippen LogP contribution < -0.4 is 10.5 Å². The van der Waals surface area contributed by atoms with Crippen molar-refractivity contribution in [1.29, 1.82) is 0 Å². The van der Waals surface area contributed by atoms with E-state index in [9.17, 15) is 4.79 Å². The molecule has 0 saturated carbocycles. The van der Waals surface area contributed by atoms with Crippen LogP contribution in [0.2, 0.25) is 0 Å². The van der Waals surface area contributed by atoms with Crippen LogP contribution in [0.25, 0.3) is 5.69 Å². The Labute approximate surface area is 132 Å². The van der Waals surface area contributed by atoms with Gasteiger partial charge in [0.25, 0.3) is 5.56 Å². The first-order valence-corrected chi connectivity index (χ1v) is 8.04. The van der Waals surface area contributed by atoms with Crippen molar-refractivity contribution >= 4 is 21.6 Å². The fraction of sp³-hybridized carbons (Fsp3) is 0.375. The fourth-order valence-electron chi connectivity index (χ4n) is 2.65. The Morgan fingerprint density at radius 1 is 1.19 bits per heavy atom. The van der Waals surface area contributed by atoms with Crippen LogP contribution in [-0.2, 0) is 0 Å². The largest absolute Gasteiger partial charge is 0.369 e. The number of anilines is 1. The number of para-hydroxylation sites is 1. The van der Waals surface area contributed by atoms with Crippen LogP contribution in [0, 0.1) is 5.92 Å². The van der Waals surface area contributed by atoms with E-state index in [0.717, 1.165) is 43.2 Å². The Hall–Kier alpha value is -1.62. The van der Waals surface area contributed by atoms with E-state index >= 15 is 0 Å². The molecule has 0 unspecified atom stereocenters. The monoisotopic (exact) mass is 347 g/mol. The molecule has 4 nitrogen and oxygen atoms in total. The van der Waals surface area contributed by atoms with E-state index in [1.165, 1.54) is 4.68 Å². The van der Waals surface area contributed by atoms with Crippen LogP contribution in [-0.4, -0.2) is 22.9 Å². The molecule has 0 aliphatic carbocycles. The molecule has 1 aromatic carbocycles. The second-order valence-electron chi connectivity index (χ2n) is 5.57. The van der Waals surface area contributed by atoms with E-state index in [2.05, 4.69) is 32.9 Å². The summed E-state index contributed by atoms with van der Waals surface area (Å²) in [5, 5.41) is 4.34. The first-order valence-electron chi connectivity index (χ1n) is 7.25. The van der Waals surface area contributed by atoms with Gasteiger partial charge in [0.2, 0.25) is 0 Å². The molecule has 2 heterocycles. The fourth-order valence-corrected chi connectivity index (χ4v) is 3.17. The van der Waals surface area contributed by atoms with E-state index in [4.69, 9.17) is 0 Å². The van der Waals surface area contributed by atoms with Crippen LogP contribution in [0.5, 0.6) is 0 Å². The van der Waals surface area contributed by atoms with Crippen molar-refractivity contribution in [2.75, 3.05) is 18.0 Å². The minimum Gasteiger partial charge on any atom is -0.369 e. The molecule has 5 heteroatoms. The first-order chi connectivity index (χ1) is 10.2. The van der Waals surface area contributed by atoms with Gasteiger partial charge in [-0.1, -0.05) is 25.1 Å². The normalized spacial score (nSPS) is 16.2. The third kappa shape index (κ3) is 2.88. The summed E-state index contributed by atoms with van der Waals surface area (Å²) >= 11 is 3.46. The highest BCUT2D eigenvalue weighted by molar-refractivity contribution is 9.10. The summed E-state index contributed by atoms with van der Waals surface area (Å²) in [6.45, 7) is 4.24. The standard InChI is InChI=1S/C16H18BrN3O/c1-12-7-9-19(10-8-12)14-11-18-20(16(21)15(14)17)13-5-3-2-4-6-13/h2-6,11-12H,7-10H2,1H3. The average Bonchev–Trinajstić information content (AvgIpc) is 2.52. The van der Waals surface area contributed by atoms with E-state index < -0.39 is 0 Å². The highest BCUT2D eigenvalue weighted by Crippen LogP contribution is 2.27. The zero-order valence-corrected chi connectivity index (χ0v) is 13.6. The van der Waals surface area contributed by atoms with Gasteiger partial charge in [0.1, 0.15) is 4.47 Å². The number of aromatic nitrogens is 2. The molecule has 1 aliphatic rings. The minimum absolute atomic E-state index is 0.114. The van der Waals surface area contributed by atoms with Crippen LogP contribution in [0.15, 0.2) is 45.8 Å². The lowest BCUT2D eigenvalue weighted by Gasteiger charge is -2.32. The van der Waals surface area contributed by atoms with Gasteiger partial charge in [0.05, 0.1) is 17.6 Å². The summed E-state index contributed by atoms with van der Waals surface area (Å²) in [7, 11) is 0. The maximum Gasteiger partial charge on any atom is 0.287 e. The predicted octanol–water partition coefficient (Wildman–Crippen LogP) is 3.23. The van der Waals surface area contributed by atoms with Crippen molar-refractivity contribution in [2.45, 2.75) is 19.8 Å². The Morgan fingerprint density at radius 2 is 1.86 bits per heavy atom. The molecular formula is C16H18BrN3O. The second kappa shape index (κ2) is 6.02. The van der Waals surface area contributed by atoms with Crippen LogP contribution in [0.3, 0.4) is 0 Å². The molecule has 2 aromatic rings. The van der Waals surface area contributed by atoms with Crippen molar-refractivity contribution < 1.29 is 0 Å². The van der Waals surface area contributed by atoms with E-state index in [1.807, 2.05) is 30.3 Å². The van der Waals surface area contributed by atoms with Crippen LogP contribution >= 0.6 is 15.9 Å².